The van der Waals surface area contributed by atoms with Crippen LogP contribution in [0.3, 0.4) is 0 Å². The number of amides is 1. The molecule has 0 atom stereocenters. The molecule has 2 aromatic rings. The molecule has 10 nitrogen and oxygen atoms in total. The summed E-state index contributed by atoms with van der Waals surface area (Å²) in [7, 11) is 2.15. The van der Waals surface area contributed by atoms with Crippen LogP contribution in [0.2, 0.25) is 0 Å². The molecule has 0 spiro atoms. The summed E-state index contributed by atoms with van der Waals surface area (Å²) in [4.78, 5) is 15.1. The Morgan fingerprint density at radius 3 is 2.23 bits per heavy atom. The molecule has 2 rings (SSSR count). The van der Waals surface area contributed by atoms with Gasteiger partial charge in [-0.25, -0.2) is 13.4 Å². The second kappa shape index (κ2) is 10.5. The first-order valence-corrected chi connectivity index (χ1v) is 10.7. The second-order valence-electron chi connectivity index (χ2n) is 6.28. The van der Waals surface area contributed by atoms with Crippen molar-refractivity contribution in [3.8, 4) is 23.1 Å². The van der Waals surface area contributed by atoms with Gasteiger partial charge in [-0.1, -0.05) is 0 Å². The predicted octanol–water partition coefficient (Wildman–Crippen LogP) is 1.60. The van der Waals surface area contributed by atoms with Crippen molar-refractivity contribution in [1.82, 2.24) is 4.98 Å². The lowest BCUT2D eigenvalue weighted by atomic mass is 10.1. The molecule has 0 saturated carbocycles. The number of primary amides is 1. The van der Waals surface area contributed by atoms with E-state index < -0.39 is 15.7 Å². The molecule has 168 valence electrons. The van der Waals surface area contributed by atoms with Crippen molar-refractivity contribution >= 4 is 27.5 Å². The van der Waals surface area contributed by atoms with Crippen LogP contribution in [0.5, 0.6) is 23.1 Å². The predicted molar refractivity (Wildman–Crippen MR) is 116 cm³/mol. The van der Waals surface area contributed by atoms with Gasteiger partial charge in [0.25, 0.3) is 0 Å². The van der Waals surface area contributed by atoms with E-state index in [0.717, 1.165) is 5.41 Å². The van der Waals surface area contributed by atoms with E-state index in [0.29, 0.717) is 34.1 Å². The van der Waals surface area contributed by atoms with Gasteiger partial charge in [0.15, 0.2) is 9.84 Å². The van der Waals surface area contributed by atoms with Crippen LogP contribution in [0.15, 0.2) is 29.8 Å². The Bertz CT molecular complexity index is 1040. The molecule has 0 aliphatic heterocycles. The quantitative estimate of drug-likeness (QED) is 0.521. The maximum atomic E-state index is 12.7. The number of benzene rings is 1. The fourth-order valence-electron chi connectivity index (χ4n) is 2.70. The molecule has 0 unspecified atom stereocenters. The molecule has 31 heavy (non-hydrogen) atoms. The summed E-state index contributed by atoms with van der Waals surface area (Å²) in [6.07, 6.45) is 2.78. The minimum atomic E-state index is -3.69. The molecule has 0 radical (unpaired) electrons. The summed E-state index contributed by atoms with van der Waals surface area (Å²) in [5, 5.41) is 3.84. The van der Waals surface area contributed by atoms with Gasteiger partial charge in [-0.15, -0.1) is 0 Å². The SMILES string of the molecule is COc1cc(OC)c(/C=C/S(=O)(=O)Cc2cnc(OC)c(NCC(N)=O)c2)c(OC)c1. The lowest BCUT2D eigenvalue weighted by Gasteiger charge is -2.12. The van der Waals surface area contributed by atoms with Crippen LogP contribution in [0.4, 0.5) is 5.69 Å². The maximum Gasteiger partial charge on any atom is 0.237 e. The van der Waals surface area contributed by atoms with Crippen LogP contribution in [0, 0.1) is 0 Å². The Hall–Kier alpha value is -3.47. The number of hydrogen-bond acceptors (Lipinski definition) is 9. The number of nitrogens with two attached hydrogens (primary N) is 1. The number of sulfone groups is 1. The fourth-order valence-corrected chi connectivity index (χ4v) is 3.76. The zero-order chi connectivity index (χ0) is 23.0. The van der Waals surface area contributed by atoms with E-state index in [2.05, 4.69) is 10.3 Å². The molecule has 1 heterocycles. The summed E-state index contributed by atoms with van der Waals surface area (Å²) in [5.74, 6) is 0.607. The van der Waals surface area contributed by atoms with E-state index in [1.807, 2.05) is 0 Å². The van der Waals surface area contributed by atoms with Gasteiger partial charge in [0.2, 0.25) is 11.8 Å². The van der Waals surface area contributed by atoms with E-state index in [-0.39, 0.29) is 18.2 Å². The van der Waals surface area contributed by atoms with E-state index in [1.54, 1.807) is 12.1 Å². The van der Waals surface area contributed by atoms with E-state index in [9.17, 15) is 13.2 Å². The van der Waals surface area contributed by atoms with Gasteiger partial charge in [0, 0.05) is 23.7 Å². The summed E-state index contributed by atoms with van der Waals surface area (Å²) in [6, 6.07) is 4.78. The zero-order valence-electron chi connectivity index (χ0n) is 17.7. The lowest BCUT2D eigenvalue weighted by Crippen LogP contribution is -2.22. The third-order valence-electron chi connectivity index (χ3n) is 4.12. The highest BCUT2D eigenvalue weighted by Crippen LogP contribution is 2.35. The van der Waals surface area contributed by atoms with Gasteiger partial charge >= 0.3 is 0 Å². The number of carbonyl (C=O) groups is 1. The summed E-state index contributed by atoms with van der Waals surface area (Å²) >= 11 is 0. The number of nitrogens with zero attached hydrogens (tertiary/aromatic N) is 1. The second-order valence-corrected chi connectivity index (χ2v) is 8.16. The minimum Gasteiger partial charge on any atom is -0.496 e. The number of hydrogen-bond donors (Lipinski definition) is 2. The molecule has 0 saturated heterocycles. The normalized spacial score (nSPS) is 11.2. The number of carbonyl (C=O) groups excluding carboxylic acids is 1. The van der Waals surface area contributed by atoms with Crippen molar-refractivity contribution in [3.63, 3.8) is 0 Å². The highest BCUT2D eigenvalue weighted by Gasteiger charge is 2.15. The Morgan fingerprint density at radius 1 is 1.06 bits per heavy atom. The topological polar surface area (TPSA) is 139 Å². The van der Waals surface area contributed by atoms with E-state index in [1.165, 1.54) is 46.8 Å². The Morgan fingerprint density at radius 2 is 1.71 bits per heavy atom. The number of pyridine rings is 1. The van der Waals surface area contributed by atoms with Crippen LogP contribution in [0.1, 0.15) is 11.1 Å². The molecule has 0 aliphatic carbocycles. The van der Waals surface area contributed by atoms with Crippen LogP contribution >= 0.6 is 0 Å². The first-order chi connectivity index (χ1) is 14.7. The molecule has 1 aromatic carbocycles. The largest absolute Gasteiger partial charge is 0.496 e. The first kappa shape index (κ1) is 23.8. The van der Waals surface area contributed by atoms with E-state index in [4.69, 9.17) is 24.7 Å². The average molecular weight is 452 g/mol. The smallest absolute Gasteiger partial charge is 0.237 e. The van der Waals surface area contributed by atoms with Crippen LogP contribution in [0.25, 0.3) is 6.08 Å². The molecular formula is C20H25N3O7S. The van der Waals surface area contributed by atoms with Crippen molar-refractivity contribution in [2.45, 2.75) is 5.75 Å². The molecule has 11 heteroatoms. The van der Waals surface area contributed by atoms with Crippen molar-refractivity contribution in [2.24, 2.45) is 5.73 Å². The highest BCUT2D eigenvalue weighted by molar-refractivity contribution is 7.93. The molecular weight excluding hydrogens is 426 g/mol. The van der Waals surface area contributed by atoms with Crippen molar-refractivity contribution in [3.05, 3.63) is 40.9 Å². The summed E-state index contributed by atoms with van der Waals surface area (Å²) in [6.45, 7) is -0.148. The average Bonchev–Trinajstić information content (AvgIpc) is 2.75. The number of ether oxygens (including phenoxy) is 4. The third-order valence-corrected chi connectivity index (χ3v) is 5.40. The van der Waals surface area contributed by atoms with Crippen LogP contribution in [-0.2, 0) is 20.4 Å². The highest BCUT2D eigenvalue weighted by atomic mass is 32.2. The maximum absolute atomic E-state index is 12.7. The van der Waals surface area contributed by atoms with Crippen LogP contribution in [-0.4, -0.2) is 54.3 Å². The molecule has 1 aromatic heterocycles. The monoisotopic (exact) mass is 451 g/mol. The number of aromatic nitrogens is 1. The van der Waals surface area contributed by atoms with Gasteiger partial charge in [-0.3, -0.25) is 4.79 Å². The van der Waals surface area contributed by atoms with Crippen LogP contribution < -0.4 is 30.0 Å². The van der Waals surface area contributed by atoms with E-state index >= 15 is 0 Å². The Kier molecular flexibility index (Phi) is 8.08. The molecule has 1 amide bonds. The number of methoxy groups -OCH3 is 4. The molecule has 3 N–H and O–H groups in total. The van der Waals surface area contributed by atoms with Crippen molar-refractivity contribution in [2.75, 3.05) is 40.3 Å². The number of rotatable bonds is 11. The first-order valence-electron chi connectivity index (χ1n) is 8.99. The summed E-state index contributed by atoms with van der Waals surface area (Å²) < 4.78 is 46.3. The molecule has 0 fully saturated rings. The van der Waals surface area contributed by atoms with Gasteiger partial charge in [0.1, 0.15) is 17.2 Å². The third kappa shape index (κ3) is 6.51. The fraction of sp³-hybridized carbons (Fsp3) is 0.300. The van der Waals surface area contributed by atoms with Gasteiger partial charge in [0.05, 0.1) is 52.0 Å². The van der Waals surface area contributed by atoms with Gasteiger partial charge < -0.3 is 30.0 Å². The Labute approximate surface area is 180 Å². The number of nitrogens with one attached hydrogen (secondary N) is 1. The zero-order valence-corrected chi connectivity index (χ0v) is 18.5. The molecule has 0 aliphatic rings. The van der Waals surface area contributed by atoms with Crippen molar-refractivity contribution in [1.29, 1.82) is 0 Å². The minimum absolute atomic E-state index is 0.148. The summed E-state index contributed by atoms with van der Waals surface area (Å²) in [5.41, 5.74) is 6.34. The lowest BCUT2D eigenvalue weighted by molar-refractivity contribution is -0.116. The van der Waals surface area contributed by atoms with Gasteiger partial charge in [-0.05, 0) is 17.7 Å². The Balaban J connectivity index is 2.31. The number of anilines is 1. The molecule has 0 bridgehead atoms. The van der Waals surface area contributed by atoms with Crippen molar-refractivity contribution < 1.29 is 32.2 Å². The van der Waals surface area contributed by atoms with Gasteiger partial charge in [-0.2, -0.15) is 0 Å². The standard InChI is InChI=1S/C20H25N3O7S/c1-27-14-8-17(28-2)15(18(9-14)29-3)5-6-31(25,26)12-13-7-16(22-11-19(21)24)20(30-4)23-10-13/h5-10,22H,11-12H2,1-4H3,(H2,21,24)/b6-5+.